The van der Waals surface area contributed by atoms with Gasteiger partial charge in [-0.1, -0.05) is 29.8 Å². The van der Waals surface area contributed by atoms with Crippen LogP contribution in [-0.2, 0) is 9.84 Å². The maximum absolute atomic E-state index is 12.4. The van der Waals surface area contributed by atoms with Gasteiger partial charge in [-0.25, -0.2) is 8.42 Å². The summed E-state index contributed by atoms with van der Waals surface area (Å²) in [5.41, 5.74) is 1.40. The summed E-state index contributed by atoms with van der Waals surface area (Å²) in [5.74, 6) is -0.352. The van der Waals surface area contributed by atoms with Crippen molar-refractivity contribution in [3.8, 4) is 0 Å². The van der Waals surface area contributed by atoms with Gasteiger partial charge in [-0.3, -0.25) is 4.79 Å². The van der Waals surface area contributed by atoms with Crippen LogP contribution < -0.4 is 0 Å². The maximum atomic E-state index is 12.4. The third-order valence-electron chi connectivity index (χ3n) is 2.94. The third-order valence-corrected chi connectivity index (χ3v) is 4.97. The van der Waals surface area contributed by atoms with Crippen molar-refractivity contribution in [2.24, 2.45) is 0 Å². The SMILES string of the molecule is Cc1ccc(S(=O)(=O)c2ccc(C(=O)CCl)cc2)cc1. The molecule has 0 saturated carbocycles. The van der Waals surface area contributed by atoms with Crippen molar-refractivity contribution in [3.05, 3.63) is 59.7 Å². The summed E-state index contributed by atoms with van der Waals surface area (Å²) in [6, 6.07) is 12.4. The average Bonchev–Trinajstić information content (AvgIpc) is 2.47. The lowest BCUT2D eigenvalue weighted by Gasteiger charge is -2.06. The van der Waals surface area contributed by atoms with Gasteiger partial charge in [0.1, 0.15) is 0 Å². The Bertz CT molecular complexity index is 717. The van der Waals surface area contributed by atoms with Crippen LogP contribution in [0.4, 0.5) is 0 Å². The molecule has 0 unspecified atom stereocenters. The van der Waals surface area contributed by atoms with Gasteiger partial charge in [0.05, 0.1) is 15.7 Å². The summed E-state index contributed by atoms with van der Waals surface area (Å²) in [6.45, 7) is 1.89. The van der Waals surface area contributed by atoms with Gasteiger partial charge >= 0.3 is 0 Å². The van der Waals surface area contributed by atoms with E-state index in [1.165, 1.54) is 24.3 Å². The van der Waals surface area contributed by atoms with Crippen LogP contribution in [0.3, 0.4) is 0 Å². The van der Waals surface area contributed by atoms with Gasteiger partial charge in [0.25, 0.3) is 0 Å². The lowest BCUT2D eigenvalue weighted by Crippen LogP contribution is -2.04. The zero-order chi connectivity index (χ0) is 14.8. The molecule has 20 heavy (non-hydrogen) atoms. The molecule has 0 saturated heterocycles. The van der Waals surface area contributed by atoms with Crippen molar-refractivity contribution in [2.45, 2.75) is 16.7 Å². The van der Waals surface area contributed by atoms with E-state index >= 15 is 0 Å². The highest BCUT2D eigenvalue weighted by atomic mass is 35.5. The summed E-state index contributed by atoms with van der Waals surface area (Å²) in [4.78, 5) is 11.8. The number of aryl methyl sites for hydroxylation is 1. The highest BCUT2D eigenvalue weighted by molar-refractivity contribution is 7.91. The van der Waals surface area contributed by atoms with Crippen LogP contribution in [-0.4, -0.2) is 20.1 Å². The molecule has 0 bridgehead atoms. The minimum atomic E-state index is -3.55. The molecule has 0 amide bonds. The first-order chi connectivity index (χ1) is 9.45. The number of rotatable bonds is 4. The molecular formula is C15H13ClO3S. The second kappa shape index (κ2) is 5.77. The van der Waals surface area contributed by atoms with Gasteiger partial charge in [0, 0.05) is 5.56 Å². The van der Waals surface area contributed by atoms with Gasteiger partial charge in [-0.05, 0) is 31.2 Å². The number of carbonyl (C=O) groups is 1. The number of sulfone groups is 1. The summed E-state index contributed by atoms with van der Waals surface area (Å²) in [5, 5.41) is 0. The minimum Gasteiger partial charge on any atom is -0.293 e. The van der Waals surface area contributed by atoms with E-state index in [-0.39, 0.29) is 21.5 Å². The monoisotopic (exact) mass is 308 g/mol. The Morgan fingerprint density at radius 1 is 0.950 bits per heavy atom. The van der Waals surface area contributed by atoms with E-state index in [4.69, 9.17) is 11.6 Å². The summed E-state index contributed by atoms with van der Waals surface area (Å²) in [7, 11) is -3.55. The molecule has 0 spiro atoms. The van der Waals surface area contributed by atoms with E-state index in [9.17, 15) is 13.2 Å². The average molecular weight is 309 g/mol. The van der Waals surface area contributed by atoms with Crippen LogP contribution in [0, 0.1) is 6.92 Å². The van der Waals surface area contributed by atoms with Crippen molar-refractivity contribution in [1.82, 2.24) is 0 Å². The topological polar surface area (TPSA) is 51.2 Å². The van der Waals surface area contributed by atoms with Crippen molar-refractivity contribution in [3.63, 3.8) is 0 Å². The molecule has 0 aliphatic carbocycles. The lowest BCUT2D eigenvalue weighted by molar-refractivity contribution is 0.102. The van der Waals surface area contributed by atoms with Gasteiger partial charge in [0.2, 0.25) is 9.84 Å². The van der Waals surface area contributed by atoms with Crippen LogP contribution >= 0.6 is 11.6 Å². The van der Waals surface area contributed by atoms with Crippen LogP contribution in [0.25, 0.3) is 0 Å². The van der Waals surface area contributed by atoms with Crippen molar-refractivity contribution in [1.29, 1.82) is 0 Å². The van der Waals surface area contributed by atoms with Crippen molar-refractivity contribution < 1.29 is 13.2 Å². The van der Waals surface area contributed by atoms with Crippen molar-refractivity contribution >= 4 is 27.2 Å². The van der Waals surface area contributed by atoms with Gasteiger partial charge < -0.3 is 0 Å². The van der Waals surface area contributed by atoms with Crippen LogP contribution in [0.2, 0.25) is 0 Å². The largest absolute Gasteiger partial charge is 0.293 e. The number of carbonyl (C=O) groups excluding carboxylic acids is 1. The van der Waals surface area contributed by atoms with Crippen molar-refractivity contribution in [2.75, 3.05) is 5.88 Å². The Hall–Kier alpha value is -1.65. The number of hydrogen-bond donors (Lipinski definition) is 0. The lowest BCUT2D eigenvalue weighted by atomic mass is 10.1. The summed E-state index contributed by atoms with van der Waals surface area (Å²) in [6.07, 6.45) is 0. The fourth-order valence-electron chi connectivity index (χ4n) is 1.75. The second-order valence-electron chi connectivity index (χ2n) is 4.40. The Kier molecular flexibility index (Phi) is 4.26. The third kappa shape index (κ3) is 2.92. The molecule has 0 fully saturated rings. The number of ketones is 1. The first-order valence-corrected chi connectivity index (χ1v) is 7.98. The number of alkyl halides is 1. The molecule has 0 N–H and O–H groups in total. The fourth-order valence-corrected chi connectivity index (χ4v) is 3.17. The number of benzene rings is 2. The van der Waals surface area contributed by atoms with E-state index in [1.807, 2.05) is 6.92 Å². The number of hydrogen-bond acceptors (Lipinski definition) is 3. The minimum absolute atomic E-state index is 0.121. The molecule has 5 heteroatoms. The summed E-state index contributed by atoms with van der Waals surface area (Å²) >= 11 is 5.46. The molecule has 3 nitrogen and oxygen atoms in total. The predicted molar refractivity (Wildman–Crippen MR) is 78.1 cm³/mol. The molecule has 0 radical (unpaired) electrons. The highest BCUT2D eigenvalue weighted by Gasteiger charge is 2.17. The van der Waals surface area contributed by atoms with Crippen LogP contribution in [0.15, 0.2) is 58.3 Å². The quantitative estimate of drug-likeness (QED) is 0.643. The first-order valence-electron chi connectivity index (χ1n) is 5.96. The molecule has 0 atom stereocenters. The predicted octanol–water partition coefficient (Wildman–Crippen LogP) is 3.25. The van der Waals surface area contributed by atoms with E-state index in [0.29, 0.717) is 5.56 Å². The first kappa shape index (κ1) is 14.8. The summed E-state index contributed by atoms with van der Waals surface area (Å²) < 4.78 is 24.8. The van der Waals surface area contributed by atoms with E-state index in [0.717, 1.165) is 5.56 Å². The maximum Gasteiger partial charge on any atom is 0.206 e. The zero-order valence-electron chi connectivity index (χ0n) is 10.8. The normalized spacial score (nSPS) is 11.3. The van der Waals surface area contributed by atoms with Crippen LogP contribution in [0.1, 0.15) is 15.9 Å². The molecule has 0 aliphatic heterocycles. The molecule has 104 valence electrons. The number of halogens is 1. The molecule has 2 aromatic carbocycles. The molecule has 2 aromatic rings. The standard InChI is InChI=1S/C15H13ClO3S/c1-11-2-6-13(7-3-11)20(18,19)14-8-4-12(5-9-14)15(17)10-16/h2-9H,10H2,1H3. The molecule has 0 aliphatic rings. The zero-order valence-corrected chi connectivity index (χ0v) is 12.4. The Balaban J connectivity index is 2.40. The Morgan fingerprint density at radius 2 is 1.40 bits per heavy atom. The van der Waals surface area contributed by atoms with E-state index < -0.39 is 9.84 Å². The molecule has 2 rings (SSSR count). The number of Topliss-reactive ketones (excluding diaryl/α,β-unsaturated/α-hetero) is 1. The fraction of sp³-hybridized carbons (Fsp3) is 0.133. The van der Waals surface area contributed by atoms with E-state index in [1.54, 1.807) is 24.3 Å². The molecular weight excluding hydrogens is 296 g/mol. The second-order valence-corrected chi connectivity index (χ2v) is 6.61. The van der Waals surface area contributed by atoms with Gasteiger partial charge in [-0.15, -0.1) is 11.6 Å². The smallest absolute Gasteiger partial charge is 0.206 e. The van der Waals surface area contributed by atoms with Gasteiger partial charge in [-0.2, -0.15) is 0 Å². The molecule has 0 heterocycles. The van der Waals surface area contributed by atoms with Crippen LogP contribution in [0.5, 0.6) is 0 Å². The Labute approximate surface area is 123 Å². The van der Waals surface area contributed by atoms with Gasteiger partial charge in [0.15, 0.2) is 5.78 Å². The van der Waals surface area contributed by atoms with E-state index in [2.05, 4.69) is 0 Å². The molecule has 0 aromatic heterocycles. The Morgan fingerprint density at radius 3 is 1.85 bits per heavy atom. The highest BCUT2D eigenvalue weighted by Crippen LogP contribution is 2.21.